The first-order valence-electron chi connectivity index (χ1n) is 5.82. The Balaban J connectivity index is 2.36. The Hall–Kier alpha value is -1.02. The first-order chi connectivity index (χ1) is 7.37. The van der Waals surface area contributed by atoms with Crippen molar-refractivity contribution in [3.63, 3.8) is 0 Å². The molecule has 1 aromatic rings. The number of rotatable bonds is 2. The maximum atomic E-state index is 9.04. The third kappa shape index (κ3) is 1.71. The Labute approximate surface area is 97.3 Å². The normalized spacial score (nSPS) is 23.3. The summed E-state index contributed by atoms with van der Waals surface area (Å²) in [4.78, 5) is 0. The molecule has 16 heavy (non-hydrogen) atoms. The third-order valence-electron chi connectivity index (χ3n) is 3.34. The van der Waals surface area contributed by atoms with Crippen LogP contribution in [-0.4, -0.2) is 11.7 Å². The second-order valence-electron chi connectivity index (χ2n) is 5.77. The van der Waals surface area contributed by atoms with Gasteiger partial charge in [0.25, 0.3) is 0 Å². The Bertz CT molecular complexity index is 404. The van der Waals surface area contributed by atoms with Crippen molar-refractivity contribution < 1.29 is 9.84 Å². The molecule has 88 valence electrons. The van der Waals surface area contributed by atoms with Crippen molar-refractivity contribution in [2.24, 2.45) is 0 Å². The van der Waals surface area contributed by atoms with Crippen molar-refractivity contribution in [3.8, 4) is 5.75 Å². The van der Waals surface area contributed by atoms with Gasteiger partial charge in [-0.3, -0.25) is 0 Å². The average molecular weight is 220 g/mol. The van der Waals surface area contributed by atoms with Crippen LogP contribution in [-0.2, 0) is 11.0 Å². The predicted octanol–water partition coefficient (Wildman–Crippen LogP) is 2.97. The van der Waals surface area contributed by atoms with E-state index in [9.17, 15) is 0 Å². The highest BCUT2D eigenvalue weighted by Gasteiger charge is 2.40. The van der Waals surface area contributed by atoms with E-state index in [0.717, 1.165) is 5.75 Å². The maximum Gasteiger partial charge on any atom is 0.137 e. The summed E-state index contributed by atoms with van der Waals surface area (Å²) in [7, 11) is 0. The van der Waals surface area contributed by atoms with Crippen LogP contribution in [0.5, 0.6) is 5.75 Å². The summed E-state index contributed by atoms with van der Waals surface area (Å²) in [5.74, 6) is 0.962. The van der Waals surface area contributed by atoms with E-state index in [1.54, 1.807) is 0 Å². The van der Waals surface area contributed by atoms with Crippen LogP contribution >= 0.6 is 0 Å². The predicted molar refractivity (Wildman–Crippen MR) is 64.8 cm³/mol. The van der Waals surface area contributed by atoms with Crippen molar-refractivity contribution in [1.82, 2.24) is 0 Å². The number of hydrogen-bond acceptors (Lipinski definition) is 2. The van der Waals surface area contributed by atoms with Crippen molar-refractivity contribution in [1.29, 1.82) is 0 Å². The second kappa shape index (κ2) is 3.49. The van der Waals surface area contributed by atoms with Gasteiger partial charge in [0.2, 0.25) is 0 Å². The molecule has 2 nitrogen and oxygen atoms in total. The van der Waals surface area contributed by atoms with E-state index in [1.807, 2.05) is 13.0 Å². The highest BCUT2D eigenvalue weighted by Crippen LogP contribution is 2.47. The third-order valence-corrected chi connectivity index (χ3v) is 3.34. The number of aliphatic hydroxyl groups excluding tert-OH is 1. The highest BCUT2D eigenvalue weighted by molar-refractivity contribution is 5.49. The number of aliphatic hydroxyl groups is 1. The number of ether oxygens (including phenoxy) is 1. The Morgan fingerprint density at radius 2 is 2.00 bits per heavy atom. The molecular formula is C14H20O2. The molecule has 2 rings (SSSR count). The molecule has 0 saturated carbocycles. The summed E-state index contributed by atoms with van der Waals surface area (Å²) in [6.07, 6.45) is 0.660. The summed E-state index contributed by atoms with van der Waals surface area (Å²) in [5.41, 5.74) is 2.42. The average Bonchev–Trinajstić information content (AvgIpc) is 2.15. The van der Waals surface area contributed by atoms with Gasteiger partial charge >= 0.3 is 0 Å². The number of benzene rings is 1. The monoisotopic (exact) mass is 220 g/mol. The van der Waals surface area contributed by atoms with Crippen molar-refractivity contribution in [2.45, 2.75) is 45.1 Å². The van der Waals surface area contributed by atoms with Crippen LogP contribution in [0.15, 0.2) is 18.2 Å². The maximum absolute atomic E-state index is 9.04. The van der Waals surface area contributed by atoms with E-state index in [4.69, 9.17) is 9.84 Å². The standard InChI is InChI=1S/C14H20O2/c1-13(2,3)10-5-6-12-11(9-10)14(4,16-12)7-8-15/h5-6,9,15H,7-8H2,1-4H3. The van der Waals surface area contributed by atoms with Gasteiger partial charge in [0.1, 0.15) is 11.4 Å². The van der Waals surface area contributed by atoms with Crippen molar-refractivity contribution in [2.75, 3.05) is 6.61 Å². The van der Waals surface area contributed by atoms with E-state index >= 15 is 0 Å². The van der Waals surface area contributed by atoms with E-state index in [-0.39, 0.29) is 17.6 Å². The first-order valence-corrected chi connectivity index (χ1v) is 5.82. The van der Waals surface area contributed by atoms with Gasteiger partial charge in [-0.1, -0.05) is 26.8 Å². The minimum absolute atomic E-state index is 0.157. The Kier molecular flexibility index (Phi) is 2.50. The lowest BCUT2D eigenvalue weighted by Gasteiger charge is -2.42. The lowest BCUT2D eigenvalue weighted by atomic mass is 9.80. The fourth-order valence-corrected chi connectivity index (χ4v) is 2.15. The summed E-state index contributed by atoms with van der Waals surface area (Å²) in [5, 5.41) is 9.04. The minimum Gasteiger partial charge on any atom is -0.482 e. The van der Waals surface area contributed by atoms with Gasteiger partial charge in [-0.2, -0.15) is 0 Å². The summed E-state index contributed by atoms with van der Waals surface area (Å²) < 4.78 is 5.72. The molecule has 1 aliphatic heterocycles. The molecule has 0 aromatic heterocycles. The molecule has 0 saturated heterocycles. The van der Waals surface area contributed by atoms with E-state index in [0.29, 0.717) is 6.42 Å². The zero-order chi connectivity index (χ0) is 12.0. The Morgan fingerprint density at radius 3 is 2.56 bits per heavy atom. The van der Waals surface area contributed by atoms with E-state index < -0.39 is 0 Å². The highest BCUT2D eigenvalue weighted by atomic mass is 16.5. The molecule has 1 heterocycles. The largest absolute Gasteiger partial charge is 0.482 e. The lowest BCUT2D eigenvalue weighted by Crippen LogP contribution is -2.39. The molecule has 2 heteroatoms. The van der Waals surface area contributed by atoms with Crippen LogP contribution in [0.3, 0.4) is 0 Å². The fourth-order valence-electron chi connectivity index (χ4n) is 2.15. The molecule has 0 bridgehead atoms. The van der Waals surface area contributed by atoms with Gasteiger partial charge in [0.05, 0.1) is 0 Å². The molecule has 1 atom stereocenters. The van der Waals surface area contributed by atoms with Gasteiger partial charge in [-0.05, 0) is 30.0 Å². The van der Waals surface area contributed by atoms with Gasteiger partial charge in [0, 0.05) is 18.6 Å². The van der Waals surface area contributed by atoms with Crippen molar-refractivity contribution >= 4 is 0 Å². The SMILES string of the molecule is CC(C)(C)c1ccc2c(c1)C(C)(CCO)O2. The molecule has 0 fully saturated rings. The lowest BCUT2D eigenvalue weighted by molar-refractivity contribution is 0.00813. The molecule has 1 aliphatic rings. The van der Waals surface area contributed by atoms with Gasteiger partial charge in [0.15, 0.2) is 0 Å². The molecule has 0 amide bonds. The van der Waals surface area contributed by atoms with Crippen LogP contribution in [0, 0.1) is 0 Å². The summed E-state index contributed by atoms with van der Waals surface area (Å²) >= 11 is 0. The van der Waals surface area contributed by atoms with Gasteiger partial charge < -0.3 is 9.84 Å². The minimum atomic E-state index is -0.286. The Morgan fingerprint density at radius 1 is 1.31 bits per heavy atom. The van der Waals surface area contributed by atoms with E-state index in [1.165, 1.54) is 11.1 Å². The quantitative estimate of drug-likeness (QED) is 0.830. The smallest absolute Gasteiger partial charge is 0.137 e. The second-order valence-corrected chi connectivity index (χ2v) is 5.77. The van der Waals surface area contributed by atoms with Gasteiger partial charge in [-0.25, -0.2) is 0 Å². The van der Waals surface area contributed by atoms with Crippen molar-refractivity contribution in [3.05, 3.63) is 29.3 Å². The fraction of sp³-hybridized carbons (Fsp3) is 0.571. The van der Waals surface area contributed by atoms with E-state index in [2.05, 4.69) is 32.9 Å². The molecule has 1 unspecified atom stereocenters. The van der Waals surface area contributed by atoms with Crippen LogP contribution < -0.4 is 4.74 Å². The first kappa shape index (κ1) is 11.5. The molecule has 0 spiro atoms. The van der Waals surface area contributed by atoms with Crippen LogP contribution in [0.4, 0.5) is 0 Å². The summed E-state index contributed by atoms with van der Waals surface area (Å²) in [6.45, 7) is 8.82. The molecule has 0 aliphatic carbocycles. The topological polar surface area (TPSA) is 29.5 Å². The number of fused-ring (bicyclic) bond motifs is 1. The van der Waals surface area contributed by atoms with Gasteiger partial charge in [-0.15, -0.1) is 0 Å². The summed E-state index contributed by atoms with van der Waals surface area (Å²) in [6, 6.07) is 6.38. The van der Waals surface area contributed by atoms with Crippen LogP contribution in [0.2, 0.25) is 0 Å². The zero-order valence-electron chi connectivity index (χ0n) is 10.5. The zero-order valence-corrected chi connectivity index (χ0v) is 10.5. The molecule has 1 N–H and O–H groups in total. The van der Waals surface area contributed by atoms with Crippen LogP contribution in [0.1, 0.15) is 45.2 Å². The van der Waals surface area contributed by atoms with Crippen LogP contribution in [0.25, 0.3) is 0 Å². The molecule has 0 radical (unpaired) electrons. The molecular weight excluding hydrogens is 200 g/mol. The molecule has 1 aromatic carbocycles. The number of hydrogen-bond donors (Lipinski definition) is 1.